The number of anilines is 2. The molecule has 2 heterocycles. The van der Waals surface area contributed by atoms with E-state index >= 15 is 0 Å². The van der Waals surface area contributed by atoms with Gasteiger partial charge in [-0.15, -0.1) is 11.3 Å². The maximum Gasteiger partial charge on any atom is 0.324 e. The molecule has 114 valence electrons. The number of hydrogen-bond donors (Lipinski definition) is 2. The van der Waals surface area contributed by atoms with Gasteiger partial charge in [-0.3, -0.25) is 10.1 Å². The average molecular weight is 316 g/mol. The number of benzene rings is 1. The summed E-state index contributed by atoms with van der Waals surface area (Å²) < 4.78 is 0. The lowest BCUT2D eigenvalue weighted by atomic mass is 10.2. The van der Waals surface area contributed by atoms with E-state index in [1.165, 1.54) is 11.3 Å². The van der Waals surface area contributed by atoms with Crippen molar-refractivity contribution in [2.24, 2.45) is 0 Å². The number of hydrogen-bond acceptors (Lipinski definition) is 4. The van der Waals surface area contributed by atoms with Gasteiger partial charge in [0.15, 0.2) is 5.13 Å². The molecule has 1 fully saturated rings. The molecule has 0 radical (unpaired) electrons. The van der Waals surface area contributed by atoms with Crippen molar-refractivity contribution in [1.29, 1.82) is 0 Å². The summed E-state index contributed by atoms with van der Waals surface area (Å²) in [7, 11) is 0. The lowest BCUT2D eigenvalue weighted by Crippen LogP contribution is -2.45. The van der Waals surface area contributed by atoms with Crippen molar-refractivity contribution >= 4 is 34.1 Å². The van der Waals surface area contributed by atoms with Crippen LogP contribution in [0.15, 0.2) is 41.9 Å². The van der Waals surface area contributed by atoms with Gasteiger partial charge in [0, 0.05) is 23.8 Å². The molecule has 1 atom stereocenters. The molecule has 0 bridgehead atoms. The number of rotatable bonds is 3. The van der Waals surface area contributed by atoms with Crippen LogP contribution in [0.1, 0.15) is 12.8 Å². The number of nitrogens with one attached hydrogen (secondary N) is 2. The van der Waals surface area contributed by atoms with Crippen molar-refractivity contribution in [2.75, 3.05) is 17.2 Å². The predicted octanol–water partition coefficient (Wildman–Crippen LogP) is 2.78. The van der Waals surface area contributed by atoms with E-state index in [0.717, 1.165) is 12.1 Å². The topological polar surface area (TPSA) is 74.3 Å². The van der Waals surface area contributed by atoms with Crippen molar-refractivity contribution in [1.82, 2.24) is 9.88 Å². The highest BCUT2D eigenvalue weighted by Crippen LogP contribution is 2.21. The van der Waals surface area contributed by atoms with Gasteiger partial charge in [-0.2, -0.15) is 0 Å². The molecular formula is C15H16N4O2S. The zero-order valence-electron chi connectivity index (χ0n) is 11.9. The fraction of sp³-hybridized carbons (Fsp3) is 0.267. The Labute approximate surface area is 132 Å². The second-order valence-electron chi connectivity index (χ2n) is 4.97. The summed E-state index contributed by atoms with van der Waals surface area (Å²) in [6.45, 7) is 0.573. The van der Waals surface area contributed by atoms with Gasteiger partial charge in [0.2, 0.25) is 5.91 Å². The highest BCUT2D eigenvalue weighted by atomic mass is 32.1. The van der Waals surface area contributed by atoms with E-state index < -0.39 is 6.04 Å². The number of likely N-dealkylation sites (tertiary alicyclic amines) is 1. The molecule has 1 aliphatic rings. The summed E-state index contributed by atoms with van der Waals surface area (Å²) in [6.07, 6.45) is 3.12. The zero-order valence-corrected chi connectivity index (χ0v) is 12.7. The Hall–Kier alpha value is -2.41. The summed E-state index contributed by atoms with van der Waals surface area (Å²) in [4.78, 5) is 30.3. The Bertz CT molecular complexity index is 645. The molecule has 0 unspecified atom stereocenters. The summed E-state index contributed by atoms with van der Waals surface area (Å²) in [5.41, 5.74) is 0.736. The van der Waals surface area contributed by atoms with Gasteiger partial charge in [-0.25, -0.2) is 9.78 Å². The third kappa shape index (κ3) is 3.25. The minimum Gasteiger partial charge on any atom is -0.324 e. The van der Waals surface area contributed by atoms with Crippen molar-refractivity contribution < 1.29 is 9.59 Å². The molecule has 1 saturated heterocycles. The lowest BCUT2D eigenvalue weighted by molar-refractivity contribution is -0.119. The van der Waals surface area contributed by atoms with E-state index in [4.69, 9.17) is 0 Å². The van der Waals surface area contributed by atoms with Crippen molar-refractivity contribution in [3.8, 4) is 0 Å². The first-order valence-electron chi connectivity index (χ1n) is 7.07. The fourth-order valence-electron chi connectivity index (χ4n) is 2.48. The normalized spacial score (nSPS) is 17.3. The number of urea groups is 1. The third-order valence-corrected chi connectivity index (χ3v) is 4.19. The first-order valence-corrected chi connectivity index (χ1v) is 7.95. The molecule has 3 rings (SSSR count). The molecule has 0 spiro atoms. The molecule has 1 aromatic carbocycles. The Morgan fingerprint density at radius 1 is 1.23 bits per heavy atom. The number of para-hydroxylation sites is 1. The van der Waals surface area contributed by atoms with Crippen LogP contribution in [-0.2, 0) is 4.79 Å². The highest BCUT2D eigenvalue weighted by Gasteiger charge is 2.34. The quantitative estimate of drug-likeness (QED) is 0.914. The van der Waals surface area contributed by atoms with Crippen molar-refractivity contribution in [3.63, 3.8) is 0 Å². The SMILES string of the molecule is O=C(Nc1ccccc1)[C@@H]1CCCN1C(=O)Nc1nccs1. The molecule has 7 heteroatoms. The number of carbonyl (C=O) groups is 2. The lowest BCUT2D eigenvalue weighted by Gasteiger charge is -2.23. The molecule has 2 N–H and O–H groups in total. The first-order chi connectivity index (χ1) is 10.7. The monoisotopic (exact) mass is 316 g/mol. The molecule has 3 amide bonds. The number of aromatic nitrogens is 1. The maximum atomic E-state index is 12.4. The molecule has 22 heavy (non-hydrogen) atoms. The first kappa shape index (κ1) is 14.5. The summed E-state index contributed by atoms with van der Waals surface area (Å²) >= 11 is 1.35. The van der Waals surface area contributed by atoms with Gasteiger partial charge in [0.05, 0.1) is 0 Å². The third-order valence-electron chi connectivity index (χ3n) is 3.50. The Kier molecular flexibility index (Phi) is 4.34. The van der Waals surface area contributed by atoms with Crippen LogP contribution in [0.2, 0.25) is 0 Å². The molecule has 2 aromatic rings. The van der Waals surface area contributed by atoms with Crippen LogP contribution >= 0.6 is 11.3 Å². The minimum atomic E-state index is -0.444. The molecule has 0 saturated carbocycles. The van der Waals surface area contributed by atoms with E-state index in [-0.39, 0.29) is 11.9 Å². The molecule has 0 aliphatic carbocycles. The van der Waals surface area contributed by atoms with Crippen LogP contribution in [0.3, 0.4) is 0 Å². The van der Waals surface area contributed by atoms with Crippen molar-refractivity contribution in [2.45, 2.75) is 18.9 Å². The predicted molar refractivity (Wildman–Crippen MR) is 85.9 cm³/mol. The minimum absolute atomic E-state index is 0.155. The Balaban J connectivity index is 1.64. The number of thiazole rings is 1. The van der Waals surface area contributed by atoms with E-state index in [9.17, 15) is 9.59 Å². The molecule has 1 aliphatic heterocycles. The zero-order chi connectivity index (χ0) is 15.4. The Morgan fingerprint density at radius 3 is 2.77 bits per heavy atom. The second-order valence-corrected chi connectivity index (χ2v) is 5.87. The van der Waals surface area contributed by atoms with Crippen LogP contribution in [0.25, 0.3) is 0 Å². The Morgan fingerprint density at radius 2 is 2.05 bits per heavy atom. The summed E-state index contributed by atoms with van der Waals surface area (Å²) in [5.74, 6) is -0.155. The van der Waals surface area contributed by atoms with Gasteiger partial charge in [0.25, 0.3) is 0 Å². The van der Waals surface area contributed by atoms with Crippen LogP contribution in [-0.4, -0.2) is 34.4 Å². The smallest absolute Gasteiger partial charge is 0.324 e. The number of carbonyl (C=O) groups excluding carboxylic acids is 2. The van der Waals surface area contributed by atoms with Gasteiger partial charge in [-0.1, -0.05) is 18.2 Å². The van der Waals surface area contributed by atoms with Gasteiger partial charge in [0.1, 0.15) is 6.04 Å². The highest BCUT2D eigenvalue weighted by molar-refractivity contribution is 7.13. The average Bonchev–Trinajstić information content (AvgIpc) is 3.19. The molecule has 6 nitrogen and oxygen atoms in total. The second kappa shape index (κ2) is 6.57. The van der Waals surface area contributed by atoms with Crippen LogP contribution in [0.5, 0.6) is 0 Å². The maximum absolute atomic E-state index is 12.4. The summed E-state index contributed by atoms with van der Waals surface area (Å²) in [5, 5.41) is 7.91. The van der Waals surface area contributed by atoms with Crippen LogP contribution in [0.4, 0.5) is 15.6 Å². The fourth-order valence-corrected chi connectivity index (χ4v) is 3.00. The van der Waals surface area contributed by atoms with Crippen LogP contribution in [0, 0.1) is 0 Å². The van der Waals surface area contributed by atoms with E-state index in [1.807, 2.05) is 30.3 Å². The van der Waals surface area contributed by atoms with E-state index in [1.54, 1.807) is 16.5 Å². The number of nitrogens with zero attached hydrogens (tertiary/aromatic N) is 2. The van der Waals surface area contributed by atoms with Gasteiger partial charge >= 0.3 is 6.03 Å². The largest absolute Gasteiger partial charge is 0.324 e. The van der Waals surface area contributed by atoms with Crippen molar-refractivity contribution in [3.05, 3.63) is 41.9 Å². The number of amides is 3. The molecular weight excluding hydrogens is 300 g/mol. The summed E-state index contributed by atoms with van der Waals surface area (Å²) in [6, 6.07) is 8.54. The standard InChI is InChI=1S/C15H16N4O2S/c20-13(17-11-5-2-1-3-6-11)12-7-4-9-19(12)15(21)18-14-16-8-10-22-14/h1-3,5-6,8,10,12H,4,7,9H2,(H,17,20)(H,16,18,21)/t12-/m0/s1. The van der Waals surface area contributed by atoms with Gasteiger partial charge in [-0.05, 0) is 25.0 Å². The van der Waals surface area contributed by atoms with E-state index in [0.29, 0.717) is 18.1 Å². The van der Waals surface area contributed by atoms with Crippen LogP contribution < -0.4 is 10.6 Å². The van der Waals surface area contributed by atoms with E-state index in [2.05, 4.69) is 15.6 Å². The van der Waals surface area contributed by atoms with Gasteiger partial charge < -0.3 is 10.2 Å². The molecule has 1 aromatic heterocycles.